The Kier molecular flexibility index (Phi) is 3.89. The van der Waals surface area contributed by atoms with Crippen LogP contribution in [0.15, 0.2) is 18.2 Å². The van der Waals surface area contributed by atoms with Crippen LogP contribution in [0.3, 0.4) is 0 Å². The average molecular weight is 293 g/mol. The molecular weight excluding hydrogens is 281 g/mol. The Bertz CT molecular complexity index is 580. The van der Waals surface area contributed by atoms with Crippen molar-refractivity contribution < 1.29 is 17.9 Å². The van der Waals surface area contributed by atoms with E-state index < -0.39 is 12.7 Å². The number of benzene rings is 1. The average Bonchev–Trinajstić information content (AvgIpc) is 2.65. The molecule has 0 spiro atoms. The number of methoxy groups -OCH3 is 1. The number of fused-ring (bicyclic) bond motifs is 1. The van der Waals surface area contributed by atoms with E-state index >= 15 is 0 Å². The molecule has 7 heteroatoms. The van der Waals surface area contributed by atoms with Crippen molar-refractivity contribution >= 4 is 22.6 Å². The lowest BCUT2D eigenvalue weighted by Gasteiger charge is -2.11. The van der Waals surface area contributed by atoms with E-state index in [-0.39, 0.29) is 12.3 Å². The van der Waals surface area contributed by atoms with E-state index in [4.69, 9.17) is 16.3 Å². The summed E-state index contributed by atoms with van der Waals surface area (Å²) in [6, 6.07) is 4.80. The van der Waals surface area contributed by atoms with Crippen LogP contribution in [0.4, 0.5) is 13.2 Å². The molecule has 1 aromatic heterocycles. The van der Waals surface area contributed by atoms with Crippen molar-refractivity contribution in [1.29, 1.82) is 0 Å². The number of nitrogens with zero attached hydrogens (tertiary/aromatic N) is 2. The molecule has 0 aliphatic rings. The summed E-state index contributed by atoms with van der Waals surface area (Å²) in [7, 11) is 1.49. The Morgan fingerprint density at radius 3 is 2.68 bits per heavy atom. The quantitative estimate of drug-likeness (QED) is 0.808. The number of rotatable bonds is 4. The topological polar surface area (TPSA) is 27.1 Å². The lowest BCUT2D eigenvalue weighted by Crippen LogP contribution is -2.19. The van der Waals surface area contributed by atoms with Gasteiger partial charge in [0.15, 0.2) is 0 Å². The van der Waals surface area contributed by atoms with Gasteiger partial charge in [-0.15, -0.1) is 11.6 Å². The second kappa shape index (κ2) is 5.28. The molecule has 0 fully saturated rings. The molecule has 2 rings (SSSR count). The molecule has 0 bridgehead atoms. The van der Waals surface area contributed by atoms with Crippen LogP contribution in [0.1, 0.15) is 5.82 Å². The Labute approximate surface area is 112 Å². The molecule has 0 aliphatic heterocycles. The van der Waals surface area contributed by atoms with Gasteiger partial charge in [0.2, 0.25) is 0 Å². The zero-order valence-corrected chi connectivity index (χ0v) is 10.9. The second-order valence-electron chi connectivity index (χ2n) is 4.02. The van der Waals surface area contributed by atoms with Crippen LogP contribution in [0, 0.1) is 0 Å². The number of hydrogen-bond donors (Lipinski definition) is 0. The first-order valence-corrected chi connectivity index (χ1v) is 6.14. The Morgan fingerprint density at radius 1 is 1.37 bits per heavy atom. The van der Waals surface area contributed by atoms with Crippen molar-refractivity contribution in [2.45, 2.75) is 19.1 Å². The van der Waals surface area contributed by atoms with Crippen molar-refractivity contribution in [2.75, 3.05) is 13.0 Å². The molecule has 1 heterocycles. The van der Waals surface area contributed by atoms with E-state index in [2.05, 4.69) is 4.98 Å². The molecule has 19 heavy (non-hydrogen) atoms. The summed E-state index contributed by atoms with van der Waals surface area (Å²) in [5.41, 5.74) is 0.905. The molecule has 104 valence electrons. The minimum atomic E-state index is -4.30. The maximum atomic E-state index is 12.6. The smallest absolute Gasteiger partial charge is 0.406 e. The number of halogens is 4. The number of hydrogen-bond acceptors (Lipinski definition) is 2. The predicted octanol–water partition coefficient (Wildman–Crippen LogP) is 3.39. The van der Waals surface area contributed by atoms with Crippen molar-refractivity contribution in [3.63, 3.8) is 0 Å². The van der Waals surface area contributed by atoms with E-state index in [0.717, 1.165) is 4.57 Å². The summed E-state index contributed by atoms with van der Waals surface area (Å²) < 4.78 is 44.0. The van der Waals surface area contributed by atoms with E-state index in [1.54, 1.807) is 18.2 Å². The Hall–Kier alpha value is -1.43. The highest BCUT2D eigenvalue weighted by molar-refractivity contribution is 6.17. The van der Waals surface area contributed by atoms with E-state index in [1.165, 1.54) is 7.11 Å². The minimum Gasteiger partial charge on any atom is -0.497 e. The first-order chi connectivity index (χ1) is 8.94. The first kappa shape index (κ1) is 14.0. The molecule has 2 aromatic rings. The summed E-state index contributed by atoms with van der Waals surface area (Å²) in [5.74, 6) is 1.11. The normalized spacial score (nSPS) is 12.1. The number of imidazole rings is 1. The van der Waals surface area contributed by atoms with Crippen LogP contribution < -0.4 is 4.74 Å². The fraction of sp³-hybridized carbons (Fsp3) is 0.417. The zero-order chi connectivity index (χ0) is 14.0. The predicted molar refractivity (Wildman–Crippen MR) is 66.8 cm³/mol. The lowest BCUT2D eigenvalue weighted by molar-refractivity contribution is -0.140. The molecule has 0 N–H and O–H groups in total. The Balaban J connectivity index is 2.53. The van der Waals surface area contributed by atoms with Gasteiger partial charge in [0.1, 0.15) is 18.1 Å². The number of aromatic nitrogens is 2. The number of alkyl halides is 4. The summed E-state index contributed by atoms with van der Waals surface area (Å²) >= 11 is 5.61. The SMILES string of the molecule is COc1ccc2c(c1)nc(CCCl)n2CC(F)(F)F. The summed E-state index contributed by atoms with van der Waals surface area (Å²) in [4.78, 5) is 4.19. The van der Waals surface area contributed by atoms with Crippen LogP contribution in [0.2, 0.25) is 0 Å². The summed E-state index contributed by atoms with van der Waals surface area (Å²) in [5, 5.41) is 0. The summed E-state index contributed by atoms with van der Waals surface area (Å²) in [6.07, 6.45) is -4.01. The van der Waals surface area contributed by atoms with Gasteiger partial charge in [0, 0.05) is 18.4 Å². The fourth-order valence-electron chi connectivity index (χ4n) is 1.92. The van der Waals surface area contributed by atoms with Gasteiger partial charge in [-0.25, -0.2) is 4.98 Å². The maximum Gasteiger partial charge on any atom is 0.406 e. The molecule has 0 unspecified atom stereocenters. The van der Waals surface area contributed by atoms with E-state index in [1.807, 2.05) is 0 Å². The highest BCUT2D eigenvalue weighted by atomic mass is 35.5. The third-order valence-electron chi connectivity index (χ3n) is 2.69. The first-order valence-electron chi connectivity index (χ1n) is 5.60. The van der Waals surface area contributed by atoms with Crippen molar-refractivity contribution in [3.8, 4) is 5.75 Å². The molecular formula is C12H12ClF3N2O. The number of ether oxygens (including phenoxy) is 1. The van der Waals surface area contributed by atoms with Gasteiger partial charge in [-0.2, -0.15) is 13.2 Å². The molecule has 0 saturated carbocycles. The van der Waals surface area contributed by atoms with Crippen LogP contribution in [0.25, 0.3) is 11.0 Å². The fourth-order valence-corrected chi connectivity index (χ4v) is 2.09. The molecule has 3 nitrogen and oxygen atoms in total. The van der Waals surface area contributed by atoms with E-state index in [9.17, 15) is 13.2 Å². The standard InChI is InChI=1S/C12H12ClF3N2O/c1-19-8-2-3-10-9(6-8)17-11(4-5-13)18(10)7-12(14,15)16/h2-3,6H,4-5,7H2,1H3. The van der Waals surface area contributed by atoms with Gasteiger partial charge < -0.3 is 9.30 Å². The minimum absolute atomic E-state index is 0.221. The largest absolute Gasteiger partial charge is 0.497 e. The van der Waals surface area contributed by atoms with Crippen molar-refractivity contribution in [1.82, 2.24) is 9.55 Å². The third kappa shape index (κ3) is 3.12. The second-order valence-corrected chi connectivity index (χ2v) is 4.40. The van der Waals surface area contributed by atoms with Gasteiger partial charge in [-0.1, -0.05) is 0 Å². The molecule has 0 saturated heterocycles. The summed E-state index contributed by atoms with van der Waals surface area (Å²) in [6.45, 7) is -1.07. The highest BCUT2D eigenvalue weighted by Crippen LogP contribution is 2.26. The Morgan fingerprint density at radius 2 is 2.11 bits per heavy atom. The maximum absolute atomic E-state index is 12.6. The molecule has 0 amide bonds. The van der Waals surface area contributed by atoms with Gasteiger partial charge in [-0.3, -0.25) is 0 Å². The van der Waals surface area contributed by atoms with Crippen LogP contribution in [-0.2, 0) is 13.0 Å². The molecule has 0 radical (unpaired) electrons. The third-order valence-corrected chi connectivity index (χ3v) is 2.88. The van der Waals surface area contributed by atoms with Crippen molar-refractivity contribution in [2.24, 2.45) is 0 Å². The van der Waals surface area contributed by atoms with Crippen LogP contribution >= 0.6 is 11.6 Å². The van der Waals surface area contributed by atoms with E-state index in [0.29, 0.717) is 22.6 Å². The highest BCUT2D eigenvalue weighted by Gasteiger charge is 2.30. The van der Waals surface area contributed by atoms with Crippen molar-refractivity contribution in [3.05, 3.63) is 24.0 Å². The molecule has 0 aliphatic carbocycles. The molecule has 0 atom stereocenters. The van der Waals surface area contributed by atoms with Gasteiger partial charge in [-0.05, 0) is 12.1 Å². The zero-order valence-electron chi connectivity index (χ0n) is 10.2. The van der Waals surface area contributed by atoms with Crippen LogP contribution in [-0.4, -0.2) is 28.7 Å². The van der Waals surface area contributed by atoms with Gasteiger partial charge in [0.05, 0.1) is 18.1 Å². The monoisotopic (exact) mass is 292 g/mol. The van der Waals surface area contributed by atoms with Gasteiger partial charge in [0.25, 0.3) is 0 Å². The van der Waals surface area contributed by atoms with Gasteiger partial charge >= 0.3 is 6.18 Å². The van der Waals surface area contributed by atoms with Crippen LogP contribution in [0.5, 0.6) is 5.75 Å². The molecule has 1 aromatic carbocycles. The lowest BCUT2D eigenvalue weighted by atomic mass is 10.3. The number of aryl methyl sites for hydroxylation is 1.